The molecule has 1 amide bonds. The lowest BCUT2D eigenvalue weighted by Crippen LogP contribution is -2.52. The molecule has 9 heteroatoms. The average molecular weight is 369 g/mol. The van der Waals surface area contributed by atoms with Gasteiger partial charge in [0, 0.05) is 6.20 Å². The van der Waals surface area contributed by atoms with Crippen molar-refractivity contribution in [3.63, 3.8) is 0 Å². The fourth-order valence-corrected chi connectivity index (χ4v) is 2.45. The maximum atomic E-state index is 12.8. The third kappa shape index (κ3) is 4.22. The summed E-state index contributed by atoms with van der Waals surface area (Å²) < 4.78 is 39.5. The number of nitrogens with one attached hydrogen (secondary N) is 1. The van der Waals surface area contributed by atoms with E-state index < -0.39 is 29.2 Å². The van der Waals surface area contributed by atoms with Gasteiger partial charge in [-0.3, -0.25) is 4.79 Å². The lowest BCUT2D eigenvalue weighted by atomic mass is 9.96. The molecule has 2 aromatic rings. The third-order valence-corrected chi connectivity index (χ3v) is 3.87. The van der Waals surface area contributed by atoms with E-state index in [1.54, 1.807) is 6.92 Å². The van der Waals surface area contributed by atoms with Gasteiger partial charge >= 0.3 is 12.1 Å². The summed E-state index contributed by atoms with van der Waals surface area (Å²) in [6, 6.07) is 5.81. The standard InChI is InChI=1S/C17H18F3N3O3/c1-3-8-16(2,15(25)26)21-14(24)13-7-9-23(22-13)12-6-4-5-11(10-12)17(18,19)20/h4-7,9-10H,3,8H2,1-2H3,(H,21,24)(H,25,26). The summed E-state index contributed by atoms with van der Waals surface area (Å²) in [6.45, 7) is 3.18. The Bertz CT molecular complexity index is 817. The molecule has 0 aliphatic carbocycles. The van der Waals surface area contributed by atoms with Crippen LogP contribution >= 0.6 is 0 Å². The first-order valence-electron chi connectivity index (χ1n) is 7.86. The van der Waals surface area contributed by atoms with Crippen molar-refractivity contribution in [2.45, 2.75) is 38.4 Å². The highest BCUT2D eigenvalue weighted by Crippen LogP contribution is 2.30. The molecule has 0 aliphatic rings. The van der Waals surface area contributed by atoms with Gasteiger partial charge in [0.25, 0.3) is 5.91 Å². The van der Waals surface area contributed by atoms with E-state index in [0.717, 1.165) is 16.8 Å². The molecule has 1 aromatic carbocycles. The molecule has 1 heterocycles. The molecule has 0 radical (unpaired) electrons. The molecular formula is C17H18F3N3O3. The number of carbonyl (C=O) groups is 2. The van der Waals surface area contributed by atoms with Crippen molar-refractivity contribution in [1.29, 1.82) is 0 Å². The second-order valence-electron chi connectivity index (χ2n) is 6.04. The van der Waals surface area contributed by atoms with Crippen molar-refractivity contribution in [2.24, 2.45) is 0 Å². The molecule has 1 aromatic heterocycles. The van der Waals surface area contributed by atoms with Crippen molar-refractivity contribution in [2.75, 3.05) is 0 Å². The zero-order chi connectivity index (χ0) is 19.5. The Morgan fingerprint density at radius 3 is 2.54 bits per heavy atom. The van der Waals surface area contributed by atoms with E-state index in [1.807, 2.05) is 0 Å². The molecule has 6 nitrogen and oxygen atoms in total. The van der Waals surface area contributed by atoms with Gasteiger partial charge < -0.3 is 10.4 Å². The Kier molecular flexibility index (Phi) is 5.38. The van der Waals surface area contributed by atoms with Gasteiger partial charge in [-0.1, -0.05) is 19.4 Å². The molecule has 1 atom stereocenters. The van der Waals surface area contributed by atoms with Crippen LogP contribution in [0.25, 0.3) is 5.69 Å². The zero-order valence-corrected chi connectivity index (χ0v) is 14.2. The molecule has 0 spiro atoms. The van der Waals surface area contributed by atoms with Gasteiger partial charge in [0.15, 0.2) is 5.69 Å². The van der Waals surface area contributed by atoms with Crippen molar-refractivity contribution < 1.29 is 27.9 Å². The molecule has 140 valence electrons. The second kappa shape index (κ2) is 7.19. The summed E-state index contributed by atoms with van der Waals surface area (Å²) in [5.74, 6) is -1.89. The first kappa shape index (κ1) is 19.5. The number of nitrogens with zero attached hydrogens (tertiary/aromatic N) is 2. The van der Waals surface area contributed by atoms with Crippen molar-refractivity contribution >= 4 is 11.9 Å². The fraction of sp³-hybridized carbons (Fsp3) is 0.353. The quantitative estimate of drug-likeness (QED) is 0.819. The Hall–Kier alpha value is -2.84. The average Bonchev–Trinajstić information content (AvgIpc) is 3.04. The van der Waals surface area contributed by atoms with E-state index in [-0.39, 0.29) is 17.8 Å². The number of hydrogen-bond donors (Lipinski definition) is 2. The topological polar surface area (TPSA) is 84.2 Å². The highest BCUT2D eigenvalue weighted by molar-refractivity contribution is 5.96. The zero-order valence-electron chi connectivity index (χ0n) is 14.2. The number of halogens is 3. The van der Waals surface area contributed by atoms with E-state index in [0.29, 0.717) is 6.42 Å². The van der Waals surface area contributed by atoms with Crippen LogP contribution in [0, 0.1) is 0 Å². The summed E-state index contributed by atoms with van der Waals surface area (Å²) in [5.41, 5.74) is -2.25. The van der Waals surface area contributed by atoms with E-state index in [1.165, 1.54) is 31.3 Å². The molecule has 0 saturated carbocycles. The van der Waals surface area contributed by atoms with Crippen LogP contribution in [-0.4, -0.2) is 32.3 Å². The van der Waals surface area contributed by atoms with Gasteiger partial charge in [0.2, 0.25) is 0 Å². The van der Waals surface area contributed by atoms with Crippen LogP contribution in [0.5, 0.6) is 0 Å². The van der Waals surface area contributed by atoms with Crippen LogP contribution in [0.1, 0.15) is 42.7 Å². The summed E-state index contributed by atoms with van der Waals surface area (Å²) in [4.78, 5) is 23.7. The third-order valence-electron chi connectivity index (χ3n) is 3.87. The molecule has 0 fully saturated rings. The maximum absolute atomic E-state index is 12.8. The van der Waals surface area contributed by atoms with Gasteiger partial charge in [0.05, 0.1) is 11.3 Å². The van der Waals surface area contributed by atoms with Crippen LogP contribution in [0.3, 0.4) is 0 Å². The molecule has 26 heavy (non-hydrogen) atoms. The number of alkyl halides is 3. The van der Waals surface area contributed by atoms with Gasteiger partial charge in [-0.2, -0.15) is 18.3 Å². The van der Waals surface area contributed by atoms with Crippen LogP contribution in [-0.2, 0) is 11.0 Å². The number of carboxylic acid groups (broad SMARTS) is 1. The van der Waals surface area contributed by atoms with Gasteiger partial charge in [-0.25, -0.2) is 9.48 Å². The molecule has 1 unspecified atom stereocenters. The van der Waals surface area contributed by atoms with Gasteiger partial charge in [-0.15, -0.1) is 0 Å². The summed E-state index contributed by atoms with van der Waals surface area (Å²) in [6.07, 6.45) is -2.39. The summed E-state index contributed by atoms with van der Waals surface area (Å²) >= 11 is 0. The smallest absolute Gasteiger partial charge is 0.416 e. The largest absolute Gasteiger partial charge is 0.480 e. The minimum Gasteiger partial charge on any atom is -0.480 e. The van der Waals surface area contributed by atoms with Crippen LogP contribution in [0.4, 0.5) is 13.2 Å². The normalized spacial score (nSPS) is 13.9. The van der Waals surface area contributed by atoms with Gasteiger partial charge in [0.1, 0.15) is 5.54 Å². The molecule has 2 N–H and O–H groups in total. The lowest BCUT2D eigenvalue weighted by Gasteiger charge is -2.25. The summed E-state index contributed by atoms with van der Waals surface area (Å²) in [7, 11) is 0. The Morgan fingerprint density at radius 2 is 1.96 bits per heavy atom. The van der Waals surface area contributed by atoms with Crippen molar-refractivity contribution in [3.05, 3.63) is 47.8 Å². The highest BCUT2D eigenvalue weighted by atomic mass is 19.4. The van der Waals surface area contributed by atoms with Crippen LogP contribution in [0.15, 0.2) is 36.5 Å². The van der Waals surface area contributed by atoms with Crippen molar-refractivity contribution in [1.82, 2.24) is 15.1 Å². The van der Waals surface area contributed by atoms with E-state index in [4.69, 9.17) is 0 Å². The maximum Gasteiger partial charge on any atom is 0.416 e. The Labute approximate surface area is 147 Å². The number of hydrogen-bond acceptors (Lipinski definition) is 3. The minimum absolute atomic E-state index is 0.0917. The van der Waals surface area contributed by atoms with Gasteiger partial charge in [-0.05, 0) is 37.6 Å². The molecule has 0 bridgehead atoms. The Morgan fingerprint density at radius 1 is 1.27 bits per heavy atom. The predicted octanol–water partition coefficient (Wildman–Crippen LogP) is 3.26. The first-order valence-corrected chi connectivity index (χ1v) is 7.86. The Balaban J connectivity index is 2.24. The number of carboxylic acids is 1. The van der Waals surface area contributed by atoms with Crippen molar-refractivity contribution in [3.8, 4) is 5.69 Å². The molecule has 2 rings (SSSR count). The van der Waals surface area contributed by atoms with E-state index in [2.05, 4.69) is 10.4 Å². The number of carbonyl (C=O) groups excluding carboxylic acids is 1. The highest BCUT2D eigenvalue weighted by Gasteiger charge is 2.34. The molecule has 0 aliphatic heterocycles. The second-order valence-corrected chi connectivity index (χ2v) is 6.04. The number of benzene rings is 1. The number of aromatic nitrogens is 2. The number of amides is 1. The number of rotatable bonds is 6. The number of aliphatic carboxylic acids is 1. The molecular weight excluding hydrogens is 351 g/mol. The van der Waals surface area contributed by atoms with E-state index >= 15 is 0 Å². The van der Waals surface area contributed by atoms with Crippen LogP contribution < -0.4 is 5.32 Å². The first-order chi connectivity index (χ1) is 12.1. The molecule has 0 saturated heterocycles. The van der Waals surface area contributed by atoms with E-state index in [9.17, 15) is 27.9 Å². The summed E-state index contributed by atoms with van der Waals surface area (Å²) in [5, 5.41) is 15.7. The van der Waals surface area contributed by atoms with Crippen LogP contribution in [0.2, 0.25) is 0 Å². The monoisotopic (exact) mass is 369 g/mol. The fourth-order valence-electron chi connectivity index (χ4n) is 2.45. The lowest BCUT2D eigenvalue weighted by molar-refractivity contribution is -0.144. The predicted molar refractivity (Wildman–Crippen MR) is 87.0 cm³/mol. The SMILES string of the molecule is CCCC(C)(NC(=O)c1ccn(-c2cccc(C(F)(F)F)c2)n1)C(=O)O. The minimum atomic E-state index is -4.49.